The summed E-state index contributed by atoms with van der Waals surface area (Å²) in [6, 6.07) is 0.611. The van der Waals surface area contributed by atoms with E-state index in [1.54, 1.807) is 7.05 Å². The predicted molar refractivity (Wildman–Crippen MR) is 67.3 cm³/mol. The molecule has 0 aromatic rings. The smallest absolute Gasteiger partial charge is 0.226 e. The quantitative estimate of drug-likeness (QED) is 0.769. The lowest BCUT2D eigenvalue weighted by atomic mass is 9.86. The van der Waals surface area contributed by atoms with Crippen molar-refractivity contribution in [1.29, 1.82) is 0 Å². The van der Waals surface area contributed by atoms with Gasteiger partial charge in [0, 0.05) is 19.6 Å². The lowest BCUT2D eigenvalue weighted by molar-refractivity contribution is -0.128. The van der Waals surface area contributed by atoms with Crippen molar-refractivity contribution >= 4 is 5.91 Å². The van der Waals surface area contributed by atoms with E-state index in [2.05, 4.69) is 17.6 Å². The number of rotatable bonds is 4. The number of hydrogen-bond acceptors (Lipinski definition) is 2. The van der Waals surface area contributed by atoms with Crippen LogP contribution in [0.2, 0.25) is 0 Å². The first-order valence-electron chi connectivity index (χ1n) is 6.41. The Morgan fingerprint density at radius 3 is 2.31 bits per heavy atom. The van der Waals surface area contributed by atoms with Crippen molar-refractivity contribution in [3.63, 3.8) is 0 Å². The Balaban J connectivity index is 2.31. The summed E-state index contributed by atoms with van der Waals surface area (Å²) in [7, 11) is 1.70. The second kappa shape index (κ2) is 5.67. The molecule has 1 fully saturated rings. The molecule has 0 heterocycles. The zero-order chi connectivity index (χ0) is 12.2. The van der Waals surface area contributed by atoms with Crippen LogP contribution in [0, 0.1) is 11.3 Å². The summed E-state index contributed by atoms with van der Waals surface area (Å²) in [5.74, 6) is 0.995. The zero-order valence-corrected chi connectivity index (χ0v) is 11.1. The maximum atomic E-state index is 11.6. The molecular weight excluding hydrogens is 200 g/mol. The highest BCUT2D eigenvalue weighted by molar-refractivity contribution is 5.81. The maximum Gasteiger partial charge on any atom is 0.226 e. The van der Waals surface area contributed by atoms with Crippen LogP contribution in [0.4, 0.5) is 0 Å². The zero-order valence-electron chi connectivity index (χ0n) is 11.1. The normalized spacial score (nSPS) is 26.5. The molecule has 0 aromatic heterocycles. The van der Waals surface area contributed by atoms with E-state index in [0.29, 0.717) is 6.04 Å². The van der Waals surface area contributed by atoms with Gasteiger partial charge in [-0.1, -0.05) is 6.92 Å². The van der Waals surface area contributed by atoms with Crippen LogP contribution >= 0.6 is 0 Å². The van der Waals surface area contributed by atoms with Gasteiger partial charge in [0.1, 0.15) is 0 Å². The summed E-state index contributed by atoms with van der Waals surface area (Å²) in [6.07, 6.45) is 5.14. The van der Waals surface area contributed by atoms with Gasteiger partial charge in [-0.15, -0.1) is 0 Å². The molecule has 1 amide bonds. The van der Waals surface area contributed by atoms with Gasteiger partial charge in [-0.25, -0.2) is 0 Å². The van der Waals surface area contributed by atoms with E-state index < -0.39 is 0 Å². The number of hydrogen-bond donors (Lipinski definition) is 2. The monoisotopic (exact) mass is 226 g/mol. The van der Waals surface area contributed by atoms with Crippen LogP contribution in [0.3, 0.4) is 0 Å². The van der Waals surface area contributed by atoms with Crippen molar-refractivity contribution in [1.82, 2.24) is 10.6 Å². The third-order valence-electron chi connectivity index (χ3n) is 3.69. The molecule has 0 bridgehead atoms. The van der Waals surface area contributed by atoms with E-state index in [1.807, 2.05) is 13.8 Å². The lowest BCUT2D eigenvalue weighted by Crippen LogP contribution is -2.45. The molecule has 3 heteroatoms. The minimum Gasteiger partial charge on any atom is -0.359 e. The molecule has 16 heavy (non-hydrogen) atoms. The van der Waals surface area contributed by atoms with Gasteiger partial charge in [-0.2, -0.15) is 0 Å². The van der Waals surface area contributed by atoms with Crippen molar-refractivity contribution in [2.75, 3.05) is 13.6 Å². The van der Waals surface area contributed by atoms with Crippen molar-refractivity contribution in [2.24, 2.45) is 11.3 Å². The highest BCUT2D eigenvalue weighted by Crippen LogP contribution is 2.24. The van der Waals surface area contributed by atoms with Crippen LogP contribution < -0.4 is 10.6 Å². The summed E-state index contributed by atoms with van der Waals surface area (Å²) >= 11 is 0. The van der Waals surface area contributed by atoms with Gasteiger partial charge in [0.25, 0.3) is 0 Å². The summed E-state index contributed by atoms with van der Waals surface area (Å²) in [6.45, 7) is 7.07. The third kappa shape index (κ3) is 3.78. The van der Waals surface area contributed by atoms with E-state index in [-0.39, 0.29) is 11.3 Å². The molecule has 0 aliphatic heterocycles. The number of nitrogens with one attached hydrogen (secondary N) is 2. The minimum absolute atomic E-state index is 0.115. The molecule has 0 spiro atoms. The number of carbonyl (C=O) groups is 1. The molecule has 3 nitrogen and oxygen atoms in total. The highest BCUT2D eigenvalue weighted by Gasteiger charge is 2.28. The van der Waals surface area contributed by atoms with Crippen LogP contribution in [0.5, 0.6) is 0 Å². The average Bonchev–Trinajstić information content (AvgIpc) is 2.27. The Hall–Kier alpha value is -0.570. The van der Waals surface area contributed by atoms with E-state index in [0.717, 1.165) is 12.5 Å². The van der Waals surface area contributed by atoms with Gasteiger partial charge in [0.2, 0.25) is 5.91 Å². The van der Waals surface area contributed by atoms with Gasteiger partial charge < -0.3 is 10.6 Å². The van der Waals surface area contributed by atoms with Crippen LogP contribution in [-0.2, 0) is 4.79 Å². The Morgan fingerprint density at radius 1 is 1.25 bits per heavy atom. The van der Waals surface area contributed by atoms with E-state index in [4.69, 9.17) is 0 Å². The van der Waals surface area contributed by atoms with Gasteiger partial charge in [-0.05, 0) is 45.4 Å². The molecular formula is C13H26N2O. The van der Waals surface area contributed by atoms with E-state index in [1.165, 1.54) is 25.7 Å². The summed E-state index contributed by atoms with van der Waals surface area (Å²) in [4.78, 5) is 11.6. The number of carbonyl (C=O) groups excluding carboxylic acids is 1. The molecule has 1 saturated carbocycles. The second-order valence-electron chi connectivity index (χ2n) is 5.80. The Morgan fingerprint density at radius 2 is 1.81 bits per heavy atom. The van der Waals surface area contributed by atoms with Crippen molar-refractivity contribution in [3.05, 3.63) is 0 Å². The van der Waals surface area contributed by atoms with Crippen LogP contribution in [0.15, 0.2) is 0 Å². The van der Waals surface area contributed by atoms with Gasteiger partial charge in [0.05, 0.1) is 5.41 Å². The Kier molecular flexibility index (Phi) is 4.78. The Bertz CT molecular complexity index is 230. The molecule has 0 unspecified atom stereocenters. The first-order chi connectivity index (χ1) is 7.45. The predicted octanol–water partition coefficient (Wildman–Crippen LogP) is 1.93. The lowest BCUT2D eigenvalue weighted by Gasteiger charge is -2.30. The first kappa shape index (κ1) is 13.5. The standard InChI is InChI=1S/C13H26N2O/c1-10-5-7-11(8-6-10)15-9-13(2,3)12(16)14-4/h10-11,15H,5-9H2,1-4H3,(H,14,16). The van der Waals surface area contributed by atoms with Crippen LogP contribution in [0.25, 0.3) is 0 Å². The molecule has 2 N–H and O–H groups in total. The van der Waals surface area contributed by atoms with Crippen LogP contribution in [-0.4, -0.2) is 25.5 Å². The molecule has 1 rings (SSSR count). The minimum atomic E-state index is -0.308. The summed E-state index contributed by atoms with van der Waals surface area (Å²) in [5, 5.41) is 6.26. The molecule has 0 atom stereocenters. The maximum absolute atomic E-state index is 11.6. The topological polar surface area (TPSA) is 41.1 Å². The molecule has 1 aliphatic rings. The van der Waals surface area contributed by atoms with E-state index >= 15 is 0 Å². The second-order valence-corrected chi connectivity index (χ2v) is 5.80. The fourth-order valence-electron chi connectivity index (χ4n) is 2.28. The molecule has 0 saturated heterocycles. The summed E-state index contributed by atoms with van der Waals surface area (Å²) < 4.78 is 0. The van der Waals surface area contributed by atoms with Gasteiger partial charge in [-0.3, -0.25) is 4.79 Å². The Labute approximate surface area is 99.4 Å². The first-order valence-corrected chi connectivity index (χ1v) is 6.41. The summed E-state index contributed by atoms with van der Waals surface area (Å²) in [5.41, 5.74) is -0.308. The van der Waals surface area contributed by atoms with E-state index in [9.17, 15) is 4.79 Å². The van der Waals surface area contributed by atoms with Crippen molar-refractivity contribution < 1.29 is 4.79 Å². The molecule has 1 aliphatic carbocycles. The van der Waals surface area contributed by atoms with Crippen molar-refractivity contribution in [3.8, 4) is 0 Å². The third-order valence-corrected chi connectivity index (χ3v) is 3.69. The largest absolute Gasteiger partial charge is 0.359 e. The fraction of sp³-hybridized carbons (Fsp3) is 0.923. The van der Waals surface area contributed by atoms with Crippen molar-refractivity contribution in [2.45, 2.75) is 52.5 Å². The molecule has 0 radical (unpaired) electrons. The highest BCUT2D eigenvalue weighted by atomic mass is 16.2. The fourth-order valence-corrected chi connectivity index (χ4v) is 2.28. The van der Waals surface area contributed by atoms with Crippen LogP contribution in [0.1, 0.15) is 46.5 Å². The molecule has 94 valence electrons. The van der Waals surface area contributed by atoms with Gasteiger partial charge in [0.15, 0.2) is 0 Å². The van der Waals surface area contributed by atoms with Gasteiger partial charge >= 0.3 is 0 Å². The molecule has 0 aromatic carbocycles. The number of amides is 1. The average molecular weight is 226 g/mol. The SMILES string of the molecule is CNC(=O)C(C)(C)CNC1CCC(C)CC1.